The number of halogens is 1. The molecule has 0 saturated carbocycles. The van der Waals surface area contributed by atoms with Gasteiger partial charge in [0.1, 0.15) is 5.82 Å². The van der Waals surface area contributed by atoms with Gasteiger partial charge >= 0.3 is 0 Å². The predicted molar refractivity (Wildman–Crippen MR) is 106 cm³/mol. The summed E-state index contributed by atoms with van der Waals surface area (Å²) < 4.78 is 13.5. The maximum Gasteiger partial charge on any atom is 0.123 e. The van der Waals surface area contributed by atoms with Crippen molar-refractivity contribution in [2.24, 2.45) is 5.92 Å². The van der Waals surface area contributed by atoms with Crippen molar-refractivity contribution in [3.05, 3.63) is 107 Å². The molecular weight excluding hydrogens is 337 g/mol. The van der Waals surface area contributed by atoms with Crippen LogP contribution < -0.4 is 5.32 Å². The van der Waals surface area contributed by atoms with E-state index in [1.54, 1.807) is 12.1 Å². The van der Waals surface area contributed by atoms with E-state index in [4.69, 9.17) is 0 Å². The normalized spacial score (nSPS) is 28.0. The summed E-state index contributed by atoms with van der Waals surface area (Å²) in [5, 5.41) is 15.5. The van der Waals surface area contributed by atoms with Crippen LogP contribution in [0.1, 0.15) is 42.1 Å². The van der Waals surface area contributed by atoms with Gasteiger partial charge in [0.25, 0.3) is 0 Å². The van der Waals surface area contributed by atoms with Gasteiger partial charge in [0.05, 0.1) is 5.60 Å². The van der Waals surface area contributed by atoms with E-state index in [2.05, 4.69) is 36.5 Å². The molecule has 3 aromatic carbocycles. The van der Waals surface area contributed by atoms with Crippen molar-refractivity contribution in [3.63, 3.8) is 0 Å². The Labute approximate surface area is 159 Å². The molecule has 0 spiro atoms. The Hall–Kier alpha value is -2.49. The lowest BCUT2D eigenvalue weighted by atomic mass is 9.69. The predicted octanol–water partition coefficient (Wildman–Crippen LogP) is 5.13. The minimum Gasteiger partial charge on any atom is -0.385 e. The van der Waals surface area contributed by atoms with Crippen molar-refractivity contribution < 1.29 is 9.50 Å². The number of hydrogen-bond donors (Lipinski definition) is 2. The van der Waals surface area contributed by atoms with E-state index in [1.165, 1.54) is 12.1 Å². The minimum atomic E-state index is -1.06. The first-order chi connectivity index (χ1) is 13.1. The lowest BCUT2D eigenvalue weighted by Gasteiger charge is -2.48. The maximum atomic E-state index is 13.5. The van der Waals surface area contributed by atoms with Gasteiger partial charge in [-0.2, -0.15) is 0 Å². The highest BCUT2D eigenvalue weighted by atomic mass is 19.1. The summed E-state index contributed by atoms with van der Waals surface area (Å²) in [6.07, 6.45) is 0.535. The number of aliphatic hydroxyl groups is 1. The smallest absolute Gasteiger partial charge is 0.123 e. The third-order valence-electron chi connectivity index (χ3n) is 5.85. The van der Waals surface area contributed by atoms with Crippen molar-refractivity contribution in [2.45, 2.75) is 31.0 Å². The van der Waals surface area contributed by atoms with Gasteiger partial charge in [-0.3, -0.25) is 0 Å². The molecule has 1 aliphatic rings. The number of benzene rings is 3. The molecule has 0 aromatic heterocycles. The molecule has 0 bridgehead atoms. The maximum absolute atomic E-state index is 13.5. The molecule has 3 aromatic rings. The van der Waals surface area contributed by atoms with Gasteiger partial charge < -0.3 is 10.4 Å². The molecule has 1 heterocycles. The molecule has 1 aliphatic heterocycles. The van der Waals surface area contributed by atoms with Crippen LogP contribution in [0.3, 0.4) is 0 Å². The summed E-state index contributed by atoms with van der Waals surface area (Å²) in [4.78, 5) is 0. The van der Waals surface area contributed by atoms with Gasteiger partial charge in [-0.05, 0) is 28.8 Å². The summed E-state index contributed by atoms with van der Waals surface area (Å²) in [5.74, 6) is -0.367. The molecule has 0 amide bonds. The average Bonchev–Trinajstić information content (AvgIpc) is 2.72. The molecule has 2 N–H and O–H groups in total. The summed E-state index contributed by atoms with van der Waals surface area (Å²) in [7, 11) is 0. The first-order valence-corrected chi connectivity index (χ1v) is 9.42. The Morgan fingerprint density at radius 2 is 1.41 bits per heavy atom. The van der Waals surface area contributed by atoms with Gasteiger partial charge in [-0.15, -0.1) is 0 Å². The molecule has 2 nitrogen and oxygen atoms in total. The Balaban J connectivity index is 1.78. The van der Waals surface area contributed by atoms with Crippen LogP contribution in [0.25, 0.3) is 0 Å². The quantitative estimate of drug-likeness (QED) is 0.678. The molecule has 0 radical (unpaired) electrons. The van der Waals surface area contributed by atoms with E-state index in [0.717, 1.165) is 16.7 Å². The van der Waals surface area contributed by atoms with E-state index in [-0.39, 0.29) is 23.8 Å². The molecule has 0 aliphatic carbocycles. The summed E-state index contributed by atoms with van der Waals surface area (Å²) in [6.45, 7) is 2.06. The highest BCUT2D eigenvalue weighted by molar-refractivity contribution is 5.32. The van der Waals surface area contributed by atoms with Crippen LogP contribution in [0.4, 0.5) is 4.39 Å². The summed E-state index contributed by atoms with van der Waals surface area (Å²) in [5.41, 5.74) is 2.00. The molecule has 1 fully saturated rings. The van der Waals surface area contributed by atoms with Crippen molar-refractivity contribution >= 4 is 0 Å². The molecule has 27 heavy (non-hydrogen) atoms. The van der Waals surface area contributed by atoms with Crippen molar-refractivity contribution in [1.29, 1.82) is 0 Å². The van der Waals surface area contributed by atoms with E-state index in [9.17, 15) is 9.50 Å². The fourth-order valence-electron chi connectivity index (χ4n) is 4.26. The van der Waals surface area contributed by atoms with Crippen molar-refractivity contribution in [2.75, 3.05) is 0 Å². The first kappa shape index (κ1) is 17.9. The van der Waals surface area contributed by atoms with Gasteiger partial charge in [0.2, 0.25) is 0 Å². The lowest BCUT2D eigenvalue weighted by molar-refractivity contribution is -0.0743. The van der Waals surface area contributed by atoms with E-state index in [0.29, 0.717) is 6.42 Å². The van der Waals surface area contributed by atoms with Gasteiger partial charge in [-0.25, -0.2) is 4.39 Å². The van der Waals surface area contributed by atoms with Crippen LogP contribution in [0, 0.1) is 11.7 Å². The number of nitrogens with one attached hydrogen (secondary N) is 1. The van der Waals surface area contributed by atoms with Gasteiger partial charge in [0, 0.05) is 24.4 Å². The zero-order valence-electron chi connectivity index (χ0n) is 15.3. The zero-order valence-corrected chi connectivity index (χ0v) is 15.3. The average molecular weight is 361 g/mol. The molecule has 4 rings (SSSR count). The molecule has 1 saturated heterocycles. The van der Waals surface area contributed by atoms with Crippen LogP contribution in [-0.2, 0) is 5.60 Å². The zero-order chi connectivity index (χ0) is 18.9. The lowest BCUT2D eigenvalue weighted by Crippen LogP contribution is -2.50. The van der Waals surface area contributed by atoms with Gasteiger partial charge in [0.15, 0.2) is 0 Å². The summed E-state index contributed by atoms with van der Waals surface area (Å²) in [6, 6.07) is 26.7. The standard InChI is InChI=1S/C24H24FNO/c1-17-23(19-10-6-3-7-11-19)26-22(18-8-4-2-5-9-18)16-24(17,27)20-12-14-21(25)15-13-20/h2-15,17,22-23,26-27H,16H2,1H3/t17-,22-,23+,24+/m1/s1. The Morgan fingerprint density at radius 1 is 0.852 bits per heavy atom. The third kappa shape index (κ3) is 3.41. The Bertz CT molecular complexity index is 881. The number of hydrogen-bond acceptors (Lipinski definition) is 2. The Kier molecular flexibility index (Phi) is 4.81. The fourth-order valence-corrected chi connectivity index (χ4v) is 4.26. The van der Waals surface area contributed by atoms with Crippen LogP contribution in [0.15, 0.2) is 84.9 Å². The second-order valence-electron chi connectivity index (χ2n) is 7.44. The molecule has 3 heteroatoms. The van der Waals surface area contributed by atoms with Crippen LogP contribution >= 0.6 is 0 Å². The molecule has 4 atom stereocenters. The first-order valence-electron chi connectivity index (χ1n) is 9.42. The minimum absolute atomic E-state index is 0.00246. The highest BCUT2D eigenvalue weighted by Crippen LogP contribution is 2.48. The van der Waals surface area contributed by atoms with E-state index < -0.39 is 5.60 Å². The monoisotopic (exact) mass is 361 g/mol. The van der Waals surface area contributed by atoms with Crippen molar-refractivity contribution in [1.82, 2.24) is 5.32 Å². The Morgan fingerprint density at radius 3 is 2.00 bits per heavy atom. The second-order valence-corrected chi connectivity index (χ2v) is 7.44. The number of piperidine rings is 1. The highest BCUT2D eigenvalue weighted by Gasteiger charge is 2.47. The fraction of sp³-hybridized carbons (Fsp3) is 0.250. The topological polar surface area (TPSA) is 32.3 Å². The largest absolute Gasteiger partial charge is 0.385 e. The molecular formula is C24H24FNO. The van der Waals surface area contributed by atoms with E-state index in [1.807, 2.05) is 36.4 Å². The number of rotatable bonds is 3. The van der Waals surface area contributed by atoms with Crippen LogP contribution in [0.5, 0.6) is 0 Å². The van der Waals surface area contributed by atoms with Gasteiger partial charge in [-0.1, -0.05) is 79.7 Å². The SMILES string of the molecule is C[C@@H]1[C@@H](c2ccccc2)N[C@@H](c2ccccc2)C[C@@]1(O)c1ccc(F)cc1. The summed E-state index contributed by atoms with van der Waals surface area (Å²) >= 11 is 0. The van der Waals surface area contributed by atoms with Crippen LogP contribution in [-0.4, -0.2) is 5.11 Å². The third-order valence-corrected chi connectivity index (χ3v) is 5.85. The van der Waals surface area contributed by atoms with E-state index >= 15 is 0 Å². The molecule has 138 valence electrons. The second kappa shape index (κ2) is 7.26. The van der Waals surface area contributed by atoms with Crippen LogP contribution in [0.2, 0.25) is 0 Å². The molecule has 0 unspecified atom stereocenters. The van der Waals surface area contributed by atoms with Crippen molar-refractivity contribution in [3.8, 4) is 0 Å².